The summed E-state index contributed by atoms with van der Waals surface area (Å²) in [5, 5.41) is 14.6. The molecule has 4 rings (SSSR count). The molecule has 0 radical (unpaired) electrons. The van der Waals surface area contributed by atoms with Gasteiger partial charge in [-0.1, -0.05) is 0 Å². The molecular formula is C16H20N6. The van der Waals surface area contributed by atoms with Gasteiger partial charge in [0.2, 0.25) is 5.95 Å². The summed E-state index contributed by atoms with van der Waals surface area (Å²) in [4.78, 5) is 6.86. The molecule has 22 heavy (non-hydrogen) atoms. The predicted octanol–water partition coefficient (Wildman–Crippen LogP) is 2.79. The summed E-state index contributed by atoms with van der Waals surface area (Å²) in [6.45, 7) is 2.32. The fraction of sp³-hybridized carbons (Fsp3) is 0.438. The molecule has 6 heteroatoms. The summed E-state index contributed by atoms with van der Waals surface area (Å²) in [5.74, 6) is 1.31. The largest absolute Gasteiger partial charge is 0.372 e. The van der Waals surface area contributed by atoms with Crippen LogP contribution in [0.3, 0.4) is 0 Å². The first kappa shape index (κ1) is 13.3. The van der Waals surface area contributed by atoms with Crippen molar-refractivity contribution in [2.75, 3.05) is 28.6 Å². The minimum absolute atomic E-state index is 0.527. The molecule has 1 saturated heterocycles. The number of nitrogens with one attached hydrogen (secondary N) is 2. The molecule has 2 N–H and O–H groups in total. The minimum atomic E-state index is 0.527. The first-order chi connectivity index (χ1) is 10.9. The van der Waals surface area contributed by atoms with Crippen LogP contribution in [0.5, 0.6) is 0 Å². The van der Waals surface area contributed by atoms with Gasteiger partial charge in [-0.2, -0.15) is 10.1 Å². The summed E-state index contributed by atoms with van der Waals surface area (Å²) in [6, 6.07) is 8.99. The molecule has 1 saturated carbocycles. The Morgan fingerprint density at radius 3 is 2.55 bits per heavy atom. The van der Waals surface area contributed by atoms with E-state index in [1.165, 1.54) is 31.4 Å². The van der Waals surface area contributed by atoms with Crippen LogP contribution in [0.1, 0.15) is 25.7 Å². The van der Waals surface area contributed by atoms with E-state index in [2.05, 4.69) is 55.0 Å². The second kappa shape index (κ2) is 5.79. The summed E-state index contributed by atoms with van der Waals surface area (Å²) >= 11 is 0. The first-order valence-electron chi connectivity index (χ1n) is 7.95. The highest BCUT2D eigenvalue weighted by atomic mass is 15.3. The Hall–Kier alpha value is -2.37. The van der Waals surface area contributed by atoms with Gasteiger partial charge in [0.25, 0.3) is 0 Å². The van der Waals surface area contributed by atoms with Gasteiger partial charge in [0.1, 0.15) is 0 Å². The van der Waals surface area contributed by atoms with Gasteiger partial charge in [-0.3, -0.25) is 0 Å². The fourth-order valence-electron chi connectivity index (χ4n) is 2.72. The number of hydrogen-bond donors (Lipinski definition) is 2. The van der Waals surface area contributed by atoms with E-state index < -0.39 is 0 Å². The highest BCUT2D eigenvalue weighted by Crippen LogP contribution is 2.25. The number of anilines is 4. The molecule has 0 amide bonds. The molecule has 1 aliphatic carbocycles. The van der Waals surface area contributed by atoms with E-state index in [0.717, 1.165) is 24.6 Å². The lowest BCUT2D eigenvalue weighted by Gasteiger charge is -2.17. The van der Waals surface area contributed by atoms with Gasteiger partial charge in [-0.05, 0) is 49.9 Å². The average Bonchev–Trinajstić information content (AvgIpc) is 3.18. The van der Waals surface area contributed by atoms with Gasteiger partial charge in [0.05, 0.1) is 6.20 Å². The van der Waals surface area contributed by atoms with Crippen LogP contribution in [-0.4, -0.2) is 34.3 Å². The van der Waals surface area contributed by atoms with Crippen LogP contribution in [0.15, 0.2) is 30.5 Å². The maximum Gasteiger partial charge on any atom is 0.249 e. The highest BCUT2D eigenvalue weighted by molar-refractivity contribution is 5.60. The summed E-state index contributed by atoms with van der Waals surface area (Å²) in [6.07, 6.45) is 6.68. The predicted molar refractivity (Wildman–Crippen MR) is 87.6 cm³/mol. The third-order valence-corrected chi connectivity index (χ3v) is 4.08. The van der Waals surface area contributed by atoms with Crippen molar-refractivity contribution in [1.29, 1.82) is 0 Å². The Bertz CT molecular complexity index is 631. The third-order valence-electron chi connectivity index (χ3n) is 4.08. The number of rotatable bonds is 5. The Kier molecular flexibility index (Phi) is 3.50. The third kappa shape index (κ3) is 3.10. The van der Waals surface area contributed by atoms with Gasteiger partial charge < -0.3 is 15.5 Å². The average molecular weight is 296 g/mol. The molecule has 1 aromatic heterocycles. The number of hydrogen-bond acceptors (Lipinski definition) is 6. The quantitative estimate of drug-likeness (QED) is 0.884. The molecule has 2 fully saturated rings. The molecule has 2 aromatic rings. The van der Waals surface area contributed by atoms with Crippen molar-refractivity contribution in [2.45, 2.75) is 31.7 Å². The van der Waals surface area contributed by atoms with E-state index >= 15 is 0 Å². The Labute approximate surface area is 130 Å². The molecule has 0 atom stereocenters. The number of aromatic nitrogens is 3. The van der Waals surface area contributed by atoms with Crippen molar-refractivity contribution < 1.29 is 0 Å². The number of nitrogens with zero attached hydrogens (tertiary/aromatic N) is 4. The van der Waals surface area contributed by atoms with E-state index in [4.69, 9.17) is 0 Å². The monoisotopic (exact) mass is 296 g/mol. The van der Waals surface area contributed by atoms with E-state index in [9.17, 15) is 0 Å². The Morgan fingerprint density at radius 1 is 1.05 bits per heavy atom. The zero-order valence-electron chi connectivity index (χ0n) is 12.5. The standard InChI is InChI=1S/C16H20N6/c1-2-10-22(9-1)14-7-5-13(6-8-14)19-16-20-15(11-17-21-16)18-12-3-4-12/h5-8,11-12H,1-4,9-10H2,(H2,18,19,20,21). The molecule has 0 unspecified atom stereocenters. The van der Waals surface area contributed by atoms with Crippen LogP contribution in [0, 0.1) is 0 Å². The van der Waals surface area contributed by atoms with Gasteiger partial charge in [-0.15, -0.1) is 5.10 Å². The molecule has 1 aromatic carbocycles. The van der Waals surface area contributed by atoms with Crippen molar-refractivity contribution in [3.8, 4) is 0 Å². The lowest BCUT2D eigenvalue weighted by atomic mass is 10.2. The zero-order valence-corrected chi connectivity index (χ0v) is 12.5. The molecule has 0 bridgehead atoms. The van der Waals surface area contributed by atoms with Crippen LogP contribution in [0.25, 0.3) is 0 Å². The van der Waals surface area contributed by atoms with Crippen LogP contribution >= 0.6 is 0 Å². The van der Waals surface area contributed by atoms with Crippen molar-refractivity contribution in [3.63, 3.8) is 0 Å². The summed E-state index contributed by atoms with van der Waals surface area (Å²) in [5.41, 5.74) is 2.26. The maximum absolute atomic E-state index is 4.44. The molecule has 114 valence electrons. The van der Waals surface area contributed by atoms with Crippen molar-refractivity contribution in [2.24, 2.45) is 0 Å². The van der Waals surface area contributed by atoms with E-state index in [1.807, 2.05) is 0 Å². The molecule has 0 spiro atoms. The maximum atomic E-state index is 4.44. The van der Waals surface area contributed by atoms with Crippen LogP contribution in [-0.2, 0) is 0 Å². The van der Waals surface area contributed by atoms with E-state index in [-0.39, 0.29) is 0 Å². The van der Waals surface area contributed by atoms with Gasteiger partial charge in [0.15, 0.2) is 5.82 Å². The van der Waals surface area contributed by atoms with E-state index in [1.54, 1.807) is 6.20 Å². The highest BCUT2D eigenvalue weighted by Gasteiger charge is 2.21. The minimum Gasteiger partial charge on any atom is -0.372 e. The smallest absolute Gasteiger partial charge is 0.249 e. The normalized spacial score (nSPS) is 17.5. The molecule has 2 heterocycles. The summed E-state index contributed by atoms with van der Waals surface area (Å²) < 4.78 is 0. The molecular weight excluding hydrogens is 276 g/mol. The van der Waals surface area contributed by atoms with Crippen molar-refractivity contribution in [3.05, 3.63) is 30.5 Å². The lowest BCUT2D eigenvalue weighted by molar-refractivity contribution is 0.949. The van der Waals surface area contributed by atoms with Crippen LogP contribution in [0.2, 0.25) is 0 Å². The first-order valence-corrected chi connectivity index (χ1v) is 7.95. The molecule has 6 nitrogen and oxygen atoms in total. The number of benzene rings is 1. The second-order valence-electron chi connectivity index (χ2n) is 5.95. The van der Waals surface area contributed by atoms with Gasteiger partial charge >= 0.3 is 0 Å². The second-order valence-corrected chi connectivity index (χ2v) is 5.95. The van der Waals surface area contributed by atoms with Gasteiger partial charge in [0, 0.05) is 30.5 Å². The fourth-order valence-corrected chi connectivity index (χ4v) is 2.72. The van der Waals surface area contributed by atoms with Crippen LogP contribution < -0.4 is 15.5 Å². The van der Waals surface area contributed by atoms with Crippen molar-refractivity contribution >= 4 is 23.1 Å². The SMILES string of the molecule is c1cc(N2CCCC2)ccc1Nc1nncc(NC2CC2)n1. The van der Waals surface area contributed by atoms with Crippen molar-refractivity contribution in [1.82, 2.24) is 15.2 Å². The van der Waals surface area contributed by atoms with Crippen LogP contribution in [0.4, 0.5) is 23.1 Å². The van der Waals surface area contributed by atoms with Gasteiger partial charge in [-0.25, -0.2) is 0 Å². The topological polar surface area (TPSA) is 66.0 Å². The lowest BCUT2D eigenvalue weighted by Crippen LogP contribution is -2.17. The Balaban J connectivity index is 1.43. The molecule has 2 aliphatic rings. The zero-order chi connectivity index (χ0) is 14.8. The Morgan fingerprint density at radius 2 is 1.82 bits per heavy atom. The molecule has 1 aliphatic heterocycles. The van der Waals surface area contributed by atoms with E-state index in [0.29, 0.717) is 12.0 Å². The summed E-state index contributed by atoms with van der Waals surface area (Å²) in [7, 11) is 0.